The number of rotatable bonds is 2. The van der Waals surface area contributed by atoms with E-state index < -0.39 is 0 Å². The second kappa shape index (κ2) is 6.62. The monoisotopic (exact) mass is 411 g/mol. The maximum Gasteiger partial charge on any atom is 0.411 e. The summed E-state index contributed by atoms with van der Waals surface area (Å²) in [5.41, 5.74) is 2.99. The molecule has 2 atom stereocenters. The van der Waals surface area contributed by atoms with Crippen molar-refractivity contribution in [2.24, 2.45) is 0 Å². The maximum atomic E-state index is 12.7. The number of methoxy groups -OCH3 is 1. The fourth-order valence-electron chi connectivity index (χ4n) is 4.69. The molecule has 2 aromatic rings. The van der Waals surface area contributed by atoms with Gasteiger partial charge in [-0.25, -0.2) is 4.79 Å². The first-order valence-corrected chi connectivity index (χ1v) is 10.1. The number of carbonyl (C=O) groups is 1. The van der Waals surface area contributed by atoms with E-state index in [1.54, 1.807) is 7.11 Å². The Morgan fingerprint density at radius 3 is 2.63 bits per heavy atom. The van der Waals surface area contributed by atoms with Crippen LogP contribution in [0.5, 0.6) is 28.7 Å². The van der Waals surface area contributed by atoms with Gasteiger partial charge in [0.05, 0.1) is 32.4 Å². The van der Waals surface area contributed by atoms with Crippen molar-refractivity contribution < 1.29 is 33.2 Å². The van der Waals surface area contributed by atoms with Gasteiger partial charge in [-0.05, 0) is 47.4 Å². The molecule has 4 aliphatic heterocycles. The highest BCUT2D eigenvalue weighted by Crippen LogP contribution is 2.49. The molecule has 0 radical (unpaired) electrons. The van der Waals surface area contributed by atoms with Crippen LogP contribution >= 0.6 is 0 Å². The highest BCUT2D eigenvalue weighted by molar-refractivity contribution is 5.73. The van der Waals surface area contributed by atoms with E-state index in [1.165, 1.54) is 0 Å². The van der Waals surface area contributed by atoms with Gasteiger partial charge in [-0.1, -0.05) is 0 Å². The van der Waals surface area contributed by atoms with Crippen LogP contribution in [0.4, 0.5) is 4.79 Å². The summed E-state index contributed by atoms with van der Waals surface area (Å²) in [4.78, 5) is 14.5. The van der Waals surface area contributed by atoms with Crippen molar-refractivity contribution in [3.8, 4) is 28.7 Å². The Morgan fingerprint density at radius 2 is 1.80 bits per heavy atom. The average molecular weight is 411 g/mol. The van der Waals surface area contributed by atoms with Crippen LogP contribution in [-0.2, 0) is 11.2 Å². The molecule has 156 valence electrons. The lowest BCUT2D eigenvalue weighted by atomic mass is 9.85. The predicted molar refractivity (Wildman–Crippen MR) is 104 cm³/mol. The first kappa shape index (κ1) is 17.6. The molecule has 0 aromatic heterocycles. The van der Waals surface area contributed by atoms with Crippen LogP contribution in [0.25, 0.3) is 0 Å². The van der Waals surface area contributed by atoms with Crippen molar-refractivity contribution in [3.63, 3.8) is 0 Å². The zero-order chi connectivity index (χ0) is 20.2. The lowest BCUT2D eigenvalue weighted by Gasteiger charge is -2.37. The molecule has 8 nitrogen and oxygen atoms in total. The number of fused-ring (bicyclic) bond motifs is 4. The standard InChI is InChI=1S/C22H21NO7/c1-25-18-7-13(8-19-21(18)30-11-29-19)20-15-9-17-16(26-3-2-4-27-17)6-12(15)5-14-10-28-22(24)23(14)20/h6-9,14,20H,2-5,10-11H2,1H3/t14-,20+/m0/s1. The molecular formula is C22H21NO7. The van der Waals surface area contributed by atoms with Gasteiger partial charge in [0.15, 0.2) is 23.0 Å². The second-order valence-corrected chi connectivity index (χ2v) is 7.75. The van der Waals surface area contributed by atoms with E-state index in [2.05, 4.69) is 0 Å². The third-order valence-corrected chi connectivity index (χ3v) is 6.04. The Bertz CT molecular complexity index is 1040. The molecular weight excluding hydrogens is 390 g/mol. The number of carbonyl (C=O) groups excluding carboxylic acids is 1. The Kier molecular flexibility index (Phi) is 3.87. The van der Waals surface area contributed by atoms with E-state index in [0.717, 1.165) is 28.9 Å². The van der Waals surface area contributed by atoms with Crippen LogP contribution in [0.3, 0.4) is 0 Å². The minimum atomic E-state index is -0.352. The van der Waals surface area contributed by atoms with Crippen LogP contribution in [0.1, 0.15) is 29.2 Å². The minimum absolute atomic E-state index is 0.0452. The molecule has 4 aliphatic rings. The number of nitrogens with zero attached hydrogens (tertiary/aromatic N) is 1. The van der Waals surface area contributed by atoms with Crippen molar-refractivity contribution in [2.45, 2.75) is 24.9 Å². The summed E-state index contributed by atoms with van der Waals surface area (Å²) in [5.74, 6) is 3.22. The van der Waals surface area contributed by atoms with Crippen molar-refractivity contribution >= 4 is 6.09 Å². The summed E-state index contributed by atoms with van der Waals surface area (Å²) in [6.45, 7) is 1.74. The van der Waals surface area contributed by atoms with Crippen LogP contribution in [-0.4, -0.2) is 50.8 Å². The number of hydrogen-bond acceptors (Lipinski definition) is 7. The Morgan fingerprint density at radius 1 is 0.967 bits per heavy atom. The highest BCUT2D eigenvalue weighted by Gasteiger charge is 2.45. The molecule has 0 spiro atoms. The molecule has 0 aliphatic carbocycles. The largest absolute Gasteiger partial charge is 0.493 e. The van der Waals surface area contributed by atoms with Gasteiger partial charge in [0, 0.05) is 6.42 Å². The molecule has 1 saturated heterocycles. The lowest BCUT2D eigenvalue weighted by Crippen LogP contribution is -2.42. The first-order chi connectivity index (χ1) is 14.7. The lowest BCUT2D eigenvalue weighted by molar-refractivity contribution is 0.147. The summed E-state index contributed by atoms with van der Waals surface area (Å²) in [7, 11) is 1.59. The van der Waals surface area contributed by atoms with Gasteiger partial charge in [-0.2, -0.15) is 0 Å². The third-order valence-electron chi connectivity index (χ3n) is 6.04. The molecule has 4 heterocycles. The average Bonchev–Trinajstić information content (AvgIpc) is 3.30. The van der Waals surface area contributed by atoms with E-state index in [-0.39, 0.29) is 25.0 Å². The Balaban J connectivity index is 1.54. The first-order valence-electron chi connectivity index (χ1n) is 10.1. The predicted octanol–water partition coefficient (Wildman–Crippen LogP) is 3.05. The summed E-state index contributed by atoms with van der Waals surface area (Å²) < 4.78 is 33.9. The van der Waals surface area contributed by atoms with Gasteiger partial charge in [0.1, 0.15) is 6.61 Å². The number of benzene rings is 2. The van der Waals surface area contributed by atoms with Crippen molar-refractivity contribution in [1.29, 1.82) is 0 Å². The van der Waals surface area contributed by atoms with Crippen molar-refractivity contribution in [3.05, 3.63) is 41.0 Å². The molecule has 30 heavy (non-hydrogen) atoms. The molecule has 0 bridgehead atoms. The third kappa shape index (κ3) is 2.56. The number of hydrogen-bond donors (Lipinski definition) is 0. The summed E-state index contributed by atoms with van der Waals surface area (Å²) >= 11 is 0. The topological polar surface area (TPSA) is 75.7 Å². The summed E-state index contributed by atoms with van der Waals surface area (Å²) in [5, 5.41) is 0. The molecule has 0 N–H and O–H groups in total. The van der Waals surface area contributed by atoms with E-state index in [0.29, 0.717) is 49.2 Å². The Hall–Kier alpha value is -3.29. The van der Waals surface area contributed by atoms with E-state index >= 15 is 0 Å². The van der Waals surface area contributed by atoms with Crippen LogP contribution in [0.2, 0.25) is 0 Å². The van der Waals surface area contributed by atoms with Crippen LogP contribution in [0.15, 0.2) is 24.3 Å². The van der Waals surface area contributed by atoms with Gasteiger partial charge in [-0.15, -0.1) is 0 Å². The minimum Gasteiger partial charge on any atom is -0.493 e. The fourth-order valence-corrected chi connectivity index (χ4v) is 4.69. The van der Waals surface area contributed by atoms with Crippen molar-refractivity contribution in [2.75, 3.05) is 33.7 Å². The molecule has 1 amide bonds. The molecule has 8 heteroatoms. The van der Waals surface area contributed by atoms with Crippen LogP contribution < -0.4 is 23.7 Å². The highest BCUT2D eigenvalue weighted by atomic mass is 16.7. The Labute approximate surface area is 173 Å². The summed E-state index contributed by atoms with van der Waals surface area (Å²) in [6, 6.07) is 7.47. The van der Waals surface area contributed by atoms with Gasteiger partial charge in [0.25, 0.3) is 0 Å². The van der Waals surface area contributed by atoms with E-state index in [1.807, 2.05) is 29.2 Å². The van der Waals surface area contributed by atoms with Gasteiger partial charge >= 0.3 is 6.09 Å². The molecule has 0 unspecified atom stereocenters. The normalized spacial score (nSPS) is 23.4. The number of ether oxygens (including phenoxy) is 6. The smallest absolute Gasteiger partial charge is 0.411 e. The molecule has 0 saturated carbocycles. The van der Waals surface area contributed by atoms with E-state index in [9.17, 15) is 4.79 Å². The zero-order valence-corrected chi connectivity index (χ0v) is 16.5. The number of cyclic esters (lactones) is 1. The van der Waals surface area contributed by atoms with Crippen LogP contribution in [0, 0.1) is 0 Å². The second-order valence-electron chi connectivity index (χ2n) is 7.75. The SMILES string of the molecule is COc1cc([C@@H]2c3cc4c(cc3C[C@H]3COC(=O)N32)OCCCO4)cc2c1OCO2. The molecule has 2 aromatic carbocycles. The van der Waals surface area contributed by atoms with Gasteiger partial charge in [0.2, 0.25) is 12.5 Å². The fraction of sp³-hybridized carbons (Fsp3) is 0.409. The molecule has 1 fully saturated rings. The number of amides is 1. The summed E-state index contributed by atoms with van der Waals surface area (Å²) in [6.07, 6.45) is 1.22. The quantitative estimate of drug-likeness (QED) is 0.752. The maximum absolute atomic E-state index is 12.7. The zero-order valence-electron chi connectivity index (χ0n) is 16.5. The van der Waals surface area contributed by atoms with Gasteiger partial charge < -0.3 is 28.4 Å². The van der Waals surface area contributed by atoms with Crippen molar-refractivity contribution in [1.82, 2.24) is 4.90 Å². The van der Waals surface area contributed by atoms with E-state index in [4.69, 9.17) is 28.4 Å². The molecule has 6 rings (SSSR count). The van der Waals surface area contributed by atoms with Gasteiger partial charge in [-0.3, -0.25) is 4.90 Å².